The van der Waals surface area contributed by atoms with Crippen LogP contribution in [0.1, 0.15) is 25.3 Å². The van der Waals surface area contributed by atoms with Crippen LogP contribution in [0, 0.1) is 0 Å². The van der Waals surface area contributed by atoms with Crippen molar-refractivity contribution in [2.75, 3.05) is 25.5 Å². The van der Waals surface area contributed by atoms with Gasteiger partial charge in [-0.3, -0.25) is 9.69 Å². The molecule has 1 aromatic rings. The first-order chi connectivity index (χ1) is 9.67. The third-order valence-electron chi connectivity index (χ3n) is 3.55. The van der Waals surface area contributed by atoms with Gasteiger partial charge in [0.2, 0.25) is 5.91 Å². The van der Waals surface area contributed by atoms with Gasteiger partial charge in [-0.1, -0.05) is 6.92 Å². The number of anilines is 1. The quantitative estimate of drug-likeness (QED) is 0.795. The highest BCUT2D eigenvalue weighted by atomic mass is 16.5. The molecule has 1 aromatic carbocycles. The first-order valence-electron chi connectivity index (χ1n) is 6.99. The molecule has 20 heavy (non-hydrogen) atoms. The third-order valence-corrected chi connectivity index (χ3v) is 3.55. The molecule has 0 bridgehead atoms. The van der Waals surface area contributed by atoms with E-state index in [1.54, 1.807) is 25.3 Å². The minimum Gasteiger partial charge on any atom is -0.496 e. The van der Waals surface area contributed by atoms with Gasteiger partial charge in [-0.05, 0) is 37.6 Å². The zero-order chi connectivity index (χ0) is 14.5. The molecule has 0 atom stereocenters. The van der Waals surface area contributed by atoms with E-state index in [1.165, 1.54) is 12.8 Å². The second-order valence-electron chi connectivity index (χ2n) is 5.03. The fourth-order valence-electron chi connectivity index (χ4n) is 2.30. The van der Waals surface area contributed by atoms with Crippen molar-refractivity contribution in [3.05, 3.63) is 23.8 Å². The second kappa shape index (κ2) is 6.72. The Labute approximate surface area is 119 Å². The van der Waals surface area contributed by atoms with Crippen LogP contribution < -0.4 is 10.1 Å². The van der Waals surface area contributed by atoms with Crippen LogP contribution in [0.3, 0.4) is 0 Å². The predicted molar refractivity (Wildman–Crippen MR) is 77.8 cm³/mol. The summed E-state index contributed by atoms with van der Waals surface area (Å²) in [5.41, 5.74) is 1.35. The smallest absolute Gasteiger partial charge is 0.238 e. The number of likely N-dealkylation sites (N-methyl/N-ethyl adjacent to an activating group) is 1. The number of ether oxygens (including phenoxy) is 1. The highest BCUT2D eigenvalue weighted by Gasteiger charge is 2.28. The van der Waals surface area contributed by atoms with Gasteiger partial charge in [0.25, 0.3) is 0 Å². The zero-order valence-corrected chi connectivity index (χ0v) is 12.1. The highest BCUT2D eigenvalue weighted by Crippen LogP contribution is 2.26. The topological polar surface area (TPSA) is 61.8 Å². The van der Waals surface area contributed by atoms with E-state index < -0.39 is 0 Å². The van der Waals surface area contributed by atoms with E-state index in [0.717, 1.165) is 6.54 Å². The van der Waals surface area contributed by atoms with Crippen molar-refractivity contribution >= 4 is 11.6 Å². The Kier molecular flexibility index (Phi) is 4.98. The van der Waals surface area contributed by atoms with Gasteiger partial charge < -0.3 is 15.2 Å². The number of carbonyl (C=O) groups is 1. The molecule has 0 spiro atoms. The molecule has 0 aromatic heterocycles. The third kappa shape index (κ3) is 3.71. The lowest BCUT2D eigenvalue weighted by atomic mass is 10.2. The first-order valence-corrected chi connectivity index (χ1v) is 6.99. The van der Waals surface area contributed by atoms with Gasteiger partial charge in [0.1, 0.15) is 5.75 Å². The van der Waals surface area contributed by atoms with Crippen molar-refractivity contribution in [3.63, 3.8) is 0 Å². The van der Waals surface area contributed by atoms with Gasteiger partial charge in [-0.2, -0.15) is 0 Å². The van der Waals surface area contributed by atoms with Gasteiger partial charge in [0, 0.05) is 17.3 Å². The van der Waals surface area contributed by atoms with Crippen LogP contribution in [0.5, 0.6) is 5.75 Å². The van der Waals surface area contributed by atoms with E-state index >= 15 is 0 Å². The van der Waals surface area contributed by atoms with E-state index in [9.17, 15) is 9.90 Å². The molecule has 1 aliphatic carbocycles. The number of hydrogen-bond donors (Lipinski definition) is 2. The Hall–Kier alpha value is -1.59. The maximum absolute atomic E-state index is 12.0. The average molecular weight is 278 g/mol. The van der Waals surface area contributed by atoms with Gasteiger partial charge in [0.15, 0.2) is 0 Å². The SMILES string of the molecule is CCN(CC(=O)Nc1ccc(OC)c(CO)c1)C1CC1. The van der Waals surface area contributed by atoms with Crippen molar-refractivity contribution in [1.29, 1.82) is 0 Å². The van der Waals surface area contributed by atoms with Crippen LogP contribution in [-0.2, 0) is 11.4 Å². The van der Waals surface area contributed by atoms with E-state index in [-0.39, 0.29) is 12.5 Å². The standard InChI is InChI=1S/C15H22N2O3/c1-3-17(13-5-6-13)9-15(19)16-12-4-7-14(20-2)11(8-12)10-18/h4,7-8,13,18H,3,5-6,9-10H2,1-2H3,(H,16,19). The molecule has 0 radical (unpaired) electrons. The summed E-state index contributed by atoms with van der Waals surface area (Å²) in [6.45, 7) is 3.27. The number of rotatable bonds is 7. The summed E-state index contributed by atoms with van der Waals surface area (Å²) in [7, 11) is 1.56. The fourth-order valence-corrected chi connectivity index (χ4v) is 2.30. The number of hydrogen-bond acceptors (Lipinski definition) is 4. The molecule has 5 nitrogen and oxygen atoms in total. The lowest BCUT2D eigenvalue weighted by Crippen LogP contribution is -2.34. The number of methoxy groups -OCH3 is 1. The lowest BCUT2D eigenvalue weighted by molar-refractivity contribution is -0.117. The van der Waals surface area contributed by atoms with Crippen molar-refractivity contribution in [2.45, 2.75) is 32.4 Å². The molecular formula is C15H22N2O3. The number of nitrogens with zero attached hydrogens (tertiary/aromatic N) is 1. The molecule has 0 heterocycles. The number of aliphatic hydroxyl groups excluding tert-OH is 1. The van der Waals surface area contributed by atoms with Crippen molar-refractivity contribution in [3.8, 4) is 5.75 Å². The summed E-state index contributed by atoms with van der Waals surface area (Å²) in [5, 5.41) is 12.1. The Morgan fingerprint density at radius 2 is 2.25 bits per heavy atom. The molecule has 1 amide bonds. The molecule has 5 heteroatoms. The maximum Gasteiger partial charge on any atom is 0.238 e. The largest absolute Gasteiger partial charge is 0.496 e. The highest BCUT2D eigenvalue weighted by molar-refractivity contribution is 5.92. The normalized spacial score (nSPS) is 14.4. The van der Waals surface area contributed by atoms with Crippen LogP contribution >= 0.6 is 0 Å². The van der Waals surface area contributed by atoms with Crippen LogP contribution in [0.25, 0.3) is 0 Å². The fraction of sp³-hybridized carbons (Fsp3) is 0.533. The molecule has 0 unspecified atom stereocenters. The number of carbonyl (C=O) groups excluding carboxylic acids is 1. The summed E-state index contributed by atoms with van der Waals surface area (Å²) >= 11 is 0. The monoisotopic (exact) mass is 278 g/mol. The van der Waals surface area contributed by atoms with E-state index in [2.05, 4.69) is 17.1 Å². The molecule has 1 fully saturated rings. The Balaban J connectivity index is 1.96. The van der Waals surface area contributed by atoms with Gasteiger partial charge in [-0.25, -0.2) is 0 Å². The second-order valence-corrected chi connectivity index (χ2v) is 5.03. The summed E-state index contributed by atoms with van der Waals surface area (Å²) in [5.74, 6) is 0.603. The summed E-state index contributed by atoms with van der Waals surface area (Å²) in [6.07, 6.45) is 2.39. The number of benzene rings is 1. The number of aliphatic hydroxyl groups is 1. The molecule has 1 saturated carbocycles. The number of nitrogens with one attached hydrogen (secondary N) is 1. The van der Waals surface area contributed by atoms with E-state index in [0.29, 0.717) is 29.6 Å². The molecule has 0 aliphatic heterocycles. The van der Waals surface area contributed by atoms with Crippen LogP contribution in [0.2, 0.25) is 0 Å². The van der Waals surface area contributed by atoms with Crippen LogP contribution in [0.4, 0.5) is 5.69 Å². The van der Waals surface area contributed by atoms with E-state index in [1.807, 2.05) is 0 Å². The van der Waals surface area contributed by atoms with Gasteiger partial charge in [0.05, 0.1) is 20.3 Å². The summed E-state index contributed by atoms with van der Waals surface area (Å²) in [6, 6.07) is 5.85. The minimum atomic E-state index is -0.115. The minimum absolute atomic E-state index is 0.0205. The first kappa shape index (κ1) is 14.8. The Morgan fingerprint density at radius 3 is 2.80 bits per heavy atom. The predicted octanol–water partition coefficient (Wildman–Crippen LogP) is 1.61. The maximum atomic E-state index is 12.0. The lowest BCUT2D eigenvalue weighted by Gasteiger charge is -2.19. The van der Waals surface area contributed by atoms with Crippen molar-refractivity contribution in [2.24, 2.45) is 0 Å². The molecule has 2 rings (SSSR count). The summed E-state index contributed by atoms with van der Waals surface area (Å²) in [4.78, 5) is 14.2. The summed E-state index contributed by atoms with van der Waals surface area (Å²) < 4.78 is 5.14. The Morgan fingerprint density at radius 1 is 1.50 bits per heavy atom. The molecule has 1 aliphatic rings. The molecule has 2 N–H and O–H groups in total. The van der Waals surface area contributed by atoms with Gasteiger partial charge >= 0.3 is 0 Å². The molecule has 0 saturated heterocycles. The van der Waals surface area contributed by atoms with E-state index in [4.69, 9.17) is 4.74 Å². The van der Waals surface area contributed by atoms with Crippen molar-refractivity contribution in [1.82, 2.24) is 4.90 Å². The molecular weight excluding hydrogens is 256 g/mol. The van der Waals surface area contributed by atoms with Crippen molar-refractivity contribution < 1.29 is 14.6 Å². The average Bonchev–Trinajstić information content (AvgIpc) is 3.29. The van der Waals surface area contributed by atoms with Gasteiger partial charge in [-0.15, -0.1) is 0 Å². The number of amides is 1. The van der Waals surface area contributed by atoms with Crippen LogP contribution in [-0.4, -0.2) is 42.2 Å². The van der Waals surface area contributed by atoms with Crippen LogP contribution in [0.15, 0.2) is 18.2 Å². The zero-order valence-electron chi connectivity index (χ0n) is 12.1. The molecule has 110 valence electrons. The Bertz CT molecular complexity index is 472.